The van der Waals surface area contributed by atoms with Crippen LogP contribution in [0.4, 0.5) is 13.2 Å². The first-order chi connectivity index (χ1) is 8.64. The van der Waals surface area contributed by atoms with Crippen LogP contribution in [0.15, 0.2) is 24.3 Å². The lowest BCUT2D eigenvalue weighted by Crippen LogP contribution is -2.36. The molecule has 1 aromatic carbocycles. The highest BCUT2D eigenvalue weighted by molar-refractivity contribution is 5.31. The fraction of sp³-hybridized carbons (Fsp3) is 0.571. The second-order valence-electron chi connectivity index (χ2n) is 5.50. The molecule has 0 saturated carbocycles. The topological polar surface area (TPSA) is 35.2 Å². The summed E-state index contributed by atoms with van der Waals surface area (Å²) in [6.07, 6.45) is -6.50. The molecule has 0 aromatic heterocycles. The maximum absolute atomic E-state index is 12.7. The largest absolute Gasteiger partial charge is 0.481 e. The van der Waals surface area contributed by atoms with Gasteiger partial charge in [-0.05, 0) is 29.7 Å². The molecule has 0 heterocycles. The summed E-state index contributed by atoms with van der Waals surface area (Å²) in [6, 6.07) is 6.70. The van der Waals surface area contributed by atoms with Crippen molar-refractivity contribution in [3.63, 3.8) is 0 Å². The summed E-state index contributed by atoms with van der Waals surface area (Å²) in [5.74, 6) is 0.212. The molecule has 0 aliphatic carbocycles. The Hall–Kier alpha value is -1.23. The molecule has 1 atom stereocenters. The Labute approximate surface area is 111 Å². The van der Waals surface area contributed by atoms with Gasteiger partial charge in [-0.25, -0.2) is 0 Å². The maximum atomic E-state index is 12.7. The molecular weight excluding hydrogens is 255 g/mol. The molecule has 108 valence electrons. The van der Waals surface area contributed by atoms with Crippen molar-refractivity contribution in [3.8, 4) is 5.75 Å². The van der Waals surface area contributed by atoms with Gasteiger partial charge in [0.25, 0.3) is 0 Å². The molecule has 0 aliphatic heterocycles. The predicted octanol–water partition coefficient (Wildman–Crippen LogP) is 3.64. The number of benzene rings is 1. The molecule has 0 radical (unpaired) electrons. The number of rotatable bonds is 4. The lowest BCUT2D eigenvalue weighted by molar-refractivity contribution is -0.196. The van der Waals surface area contributed by atoms with E-state index in [0.717, 1.165) is 5.56 Å². The maximum Gasteiger partial charge on any atom is 0.425 e. The number of alkyl halides is 3. The van der Waals surface area contributed by atoms with Gasteiger partial charge in [-0.15, -0.1) is 0 Å². The normalized spacial score (nSPS) is 14.3. The van der Waals surface area contributed by atoms with Gasteiger partial charge in [-0.3, -0.25) is 0 Å². The highest BCUT2D eigenvalue weighted by atomic mass is 19.4. The first-order valence-corrected chi connectivity index (χ1v) is 6.18. The summed E-state index contributed by atoms with van der Waals surface area (Å²) in [4.78, 5) is 0. The van der Waals surface area contributed by atoms with E-state index < -0.39 is 12.3 Å². The van der Waals surface area contributed by atoms with Crippen molar-refractivity contribution in [2.75, 3.05) is 6.54 Å². The summed E-state index contributed by atoms with van der Waals surface area (Å²) < 4.78 is 43.0. The molecule has 19 heavy (non-hydrogen) atoms. The molecule has 0 spiro atoms. The van der Waals surface area contributed by atoms with Crippen LogP contribution >= 0.6 is 0 Å². The van der Waals surface area contributed by atoms with Gasteiger partial charge < -0.3 is 10.5 Å². The molecule has 0 fully saturated rings. The van der Waals surface area contributed by atoms with Gasteiger partial charge in [0, 0.05) is 6.42 Å². The van der Waals surface area contributed by atoms with Gasteiger partial charge in [0.15, 0.2) is 6.10 Å². The molecule has 5 heteroatoms. The van der Waals surface area contributed by atoms with Crippen LogP contribution in [-0.4, -0.2) is 18.8 Å². The zero-order chi connectivity index (χ0) is 14.7. The van der Waals surface area contributed by atoms with Crippen molar-refractivity contribution in [2.45, 2.75) is 44.9 Å². The monoisotopic (exact) mass is 275 g/mol. The van der Waals surface area contributed by atoms with Gasteiger partial charge in [-0.1, -0.05) is 32.9 Å². The van der Waals surface area contributed by atoms with Crippen LogP contribution < -0.4 is 10.5 Å². The van der Waals surface area contributed by atoms with Crippen LogP contribution in [0.5, 0.6) is 5.75 Å². The van der Waals surface area contributed by atoms with E-state index in [4.69, 9.17) is 10.5 Å². The standard InChI is InChI=1S/C14H20F3NO/c1-13(2,3)10-4-6-11(7-5-10)19-12(8-9-18)14(15,16)17/h4-7,12H,8-9,18H2,1-3H3. The Morgan fingerprint density at radius 3 is 2.00 bits per heavy atom. The second-order valence-corrected chi connectivity index (χ2v) is 5.50. The van der Waals surface area contributed by atoms with E-state index in [2.05, 4.69) is 0 Å². The van der Waals surface area contributed by atoms with Crippen molar-refractivity contribution >= 4 is 0 Å². The minimum atomic E-state index is -4.40. The lowest BCUT2D eigenvalue weighted by atomic mass is 9.87. The first-order valence-electron chi connectivity index (χ1n) is 6.18. The average molecular weight is 275 g/mol. The first kappa shape index (κ1) is 15.8. The van der Waals surface area contributed by atoms with E-state index in [0.29, 0.717) is 0 Å². The molecule has 1 unspecified atom stereocenters. The van der Waals surface area contributed by atoms with E-state index in [1.165, 1.54) is 0 Å². The van der Waals surface area contributed by atoms with E-state index in [1.807, 2.05) is 20.8 Å². The van der Waals surface area contributed by atoms with Crippen LogP contribution in [0.3, 0.4) is 0 Å². The van der Waals surface area contributed by atoms with Crippen LogP contribution in [0.1, 0.15) is 32.8 Å². The Bertz CT molecular complexity index is 393. The molecule has 0 saturated heterocycles. The van der Waals surface area contributed by atoms with Crippen LogP contribution in [0, 0.1) is 0 Å². The zero-order valence-electron chi connectivity index (χ0n) is 11.4. The van der Waals surface area contributed by atoms with Gasteiger partial charge >= 0.3 is 6.18 Å². The average Bonchev–Trinajstić information content (AvgIpc) is 2.26. The molecule has 1 rings (SSSR count). The number of halogens is 3. The third-order valence-electron chi connectivity index (χ3n) is 2.79. The second kappa shape index (κ2) is 5.82. The molecular formula is C14H20F3NO. The van der Waals surface area contributed by atoms with Crippen molar-refractivity contribution in [1.29, 1.82) is 0 Å². The van der Waals surface area contributed by atoms with Crippen LogP contribution in [-0.2, 0) is 5.41 Å². The Morgan fingerprint density at radius 2 is 1.63 bits per heavy atom. The third-order valence-corrected chi connectivity index (χ3v) is 2.79. The van der Waals surface area contributed by atoms with E-state index in [-0.39, 0.29) is 24.1 Å². The summed E-state index contributed by atoms with van der Waals surface area (Å²) in [5.41, 5.74) is 6.18. The Balaban J connectivity index is 2.81. The van der Waals surface area contributed by atoms with Crippen LogP contribution in [0.25, 0.3) is 0 Å². The predicted molar refractivity (Wildman–Crippen MR) is 69.3 cm³/mol. The van der Waals surface area contributed by atoms with Gasteiger partial charge in [0.05, 0.1) is 0 Å². The van der Waals surface area contributed by atoms with Crippen molar-refractivity contribution in [2.24, 2.45) is 5.73 Å². The smallest absolute Gasteiger partial charge is 0.425 e. The SMILES string of the molecule is CC(C)(C)c1ccc(OC(CCN)C(F)(F)F)cc1. The third kappa shape index (κ3) is 4.74. The number of hydrogen-bond acceptors (Lipinski definition) is 2. The number of ether oxygens (including phenoxy) is 1. The summed E-state index contributed by atoms with van der Waals surface area (Å²) in [6.45, 7) is 6.05. The fourth-order valence-electron chi connectivity index (χ4n) is 1.64. The van der Waals surface area contributed by atoms with E-state index >= 15 is 0 Å². The molecule has 1 aromatic rings. The molecule has 2 nitrogen and oxygen atoms in total. The van der Waals surface area contributed by atoms with E-state index in [1.54, 1.807) is 24.3 Å². The van der Waals surface area contributed by atoms with Gasteiger partial charge in [0.1, 0.15) is 5.75 Å². The number of hydrogen-bond donors (Lipinski definition) is 1. The summed E-state index contributed by atoms with van der Waals surface area (Å²) in [7, 11) is 0. The Kier molecular flexibility index (Phi) is 4.85. The summed E-state index contributed by atoms with van der Waals surface area (Å²) in [5, 5.41) is 0. The minimum Gasteiger partial charge on any atom is -0.481 e. The fourth-order valence-corrected chi connectivity index (χ4v) is 1.64. The van der Waals surface area contributed by atoms with Crippen molar-refractivity contribution in [1.82, 2.24) is 0 Å². The molecule has 0 bridgehead atoms. The highest BCUT2D eigenvalue weighted by Gasteiger charge is 2.41. The van der Waals surface area contributed by atoms with E-state index in [9.17, 15) is 13.2 Å². The van der Waals surface area contributed by atoms with Gasteiger partial charge in [-0.2, -0.15) is 13.2 Å². The van der Waals surface area contributed by atoms with Crippen LogP contribution in [0.2, 0.25) is 0 Å². The summed E-state index contributed by atoms with van der Waals surface area (Å²) >= 11 is 0. The quantitative estimate of drug-likeness (QED) is 0.910. The minimum absolute atomic E-state index is 0.0424. The van der Waals surface area contributed by atoms with Crippen molar-refractivity contribution < 1.29 is 17.9 Å². The molecule has 0 amide bonds. The van der Waals surface area contributed by atoms with Crippen molar-refractivity contribution in [3.05, 3.63) is 29.8 Å². The van der Waals surface area contributed by atoms with Gasteiger partial charge in [0.2, 0.25) is 0 Å². The number of nitrogens with two attached hydrogens (primary N) is 1. The highest BCUT2D eigenvalue weighted by Crippen LogP contribution is 2.29. The zero-order valence-corrected chi connectivity index (χ0v) is 11.4. The Morgan fingerprint density at radius 1 is 1.11 bits per heavy atom. The molecule has 2 N–H and O–H groups in total. The molecule has 0 aliphatic rings. The lowest BCUT2D eigenvalue weighted by Gasteiger charge is -2.23.